The van der Waals surface area contributed by atoms with Crippen molar-refractivity contribution in [3.8, 4) is 0 Å². The van der Waals surface area contributed by atoms with Crippen LogP contribution in [0, 0.1) is 0 Å². The van der Waals surface area contributed by atoms with Gasteiger partial charge in [0.1, 0.15) is 16.2 Å². The maximum absolute atomic E-state index is 10.8. The number of hydrogen-bond acceptors (Lipinski definition) is 4. The molecule has 11 heavy (non-hydrogen) atoms. The van der Waals surface area contributed by atoms with Crippen LogP contribution in [0.1, 0.15) is 20.8 Å². The number of nitrogens with two attached hydrogens (primary N) is 1. The molecule has 0 radical (unpaired) electrons. The maximum Gasteiger partial charge on any atom is 0.340 e. The Kier molecular flexibility index (Phi) is 2.83. The minimum absolute atomic E-state index is 0.475. The second-order valence-electron chi connectivity index (χ2n) is 2.48. The molecule has 0 aromatic rings. The normalized spacial score (nSPS) is 10.9. The van der Waals surface area contributed by atoms with Crippen LogP contribution in [-0.2, 0) is 14.4 Å². The van der Waals surface area contributed by atoms with E-state index in [9.17, 15) is 14.4 Å². The highest BCUT2D eigenvalue weighted by Gasteiger charge is 2.45. The van der Waals surface area contributed by atoms with Gasteiger partial charge in [-0.15, -0.1) is 0 Å². The third kappa shape index (κ3) is 1.61. The van der Waals surface area contributed by atoms with E-state index in [0.717, 1.165) is 0 Å². The van der Waals surface area contributed by atoms with Gasteiger partial charge in [-0.2, -0.15) is 0 Å². The third-order valence-corrected chi connectivity index (χ3v) is 5.00. The highest BCUT2D eigenvalue weighted by molar-refractivity contribution is 7.38. The minimum Gasteiger partial charge on any atom is -0.334 e. The van der Waals surface area contributed by atoms with E-state index in [4.69, 9.17) is 5.40 Å². The van der Waals surface area contributed by atoms with Gasteiger partial charge < -0.3 is 19.8 Å². The van der Waals surface area contributed by atoms with Crippen molar-refractivity contribution < 1.29 is 14.4 Å². The summed E-state index contributed by atoms with van der Waals surface area (Å²) in [5.74, 6) is 0. The number of carbonyl (C=O) groups is 3. The molecule has 0 aliphatic heterocycles. The first-order valence-electron chi connectivity index (χ1n) is 3.15. The summed E-state index contributed by atoms with van der Waals surface area (Å²) in [6.07, 6.45) is 0. The first kappa shape index (κ1) is 10.2. The van der Waals surface area contributed by atoms with Crippen LogP contribution in [-0.4, -0.2) is 24.5 Å². The molecule has 0 saturated heterocycles. The number of rotatable bonds is 3. The van der Waals surface area contributed by atoms with Gasteiger partial charge in [0.2, 0.25) is 0 Å². The summed E-state index contributed by atoms with van der Waals surface area (Å²) in [4.78, 5) is 32.5. The zero-order chi connectivity index (χ0) is 9.23. The third-order valence-electron chi connectivity index (χ3n) is 1.67. The average Bonchev–Trinajstić information content (AvgIpc) is 1.84. The highest BCUT2D eigenvalue weighted by atomic mass is 28.3. The van der Waals surface area contributed by atoms with Crippen LogP contribution in [0.15, 0.2) is 0 Å². The Hall–Kier alpha value is -0.813. The predicted molar refractivity (Wildman–Crippen MR) is 42.0 cm³/mol. The van der Waals surface area contributed by atoms with E-state index in [2.05, 4.69) is 0 Å². The van der Waals surface area contributed by atoms with Crippen LogP contribution >= 0.6 is 0 Å². The second kappa shape index (κ2) is 3.06. The molecule has 5 heteroatoms. The molecule has 0 aliphatic carbocycles. The van der Waals surface area contributed by atoms with E-state index in [1.54, 1.807) is 0 Å². The molecule has 62 valence electrons. The van der Waals surface area contributed by atoms with Gasteiger partial charge >= 0.3 is 8.24 Å². The molecule has 0 saturated carbocycles. The molecule has 0 amide bonds. The Balaban J connectivity index is 4.99. The standard InChI is InChI=1S/C6H11NO3Si/c1-4(8)11(7,5(2)9)6(3)10/h7H2,1-3H3. The molecule has 0 aliphatic rings. The summed E-state index contributed by atoms with van der Waals surface area (Å²) in [5, 5.41) is 3.99. The Morgan fingerprint density at radius 2 is 1.09 bits per heavy atom. The maximum atomic E-state index is 10.8. The summed E-state index contributed by atoms with van der Waals surface area (Å²) in [6, 6.07) is 0. The van der Waals surface area contributed by atoms with Crippen molar-refractivity contribution in [3.63, 3.8) is 0 Å². The Labute approximate surface area is 65.8 Å². The van der Waals surface area contributed by atoms with Gasteiger partial charge in [-0.3, -0.25) is 0 Å². The number of hydrogen-bond donors (Lipinski definition) is 1. The van der Waals surface area contributed by atoms with Crippen molar-refractivity contribution >= 4 is 24.5 Å². The number of carbonyl (C=O) groups excluding carboxylic acids is 3. The zero-order valence-corrected chi connectivity index (χ0v) is 7.80. The molecule has 2 N–H and O–H groups in total. The van der Waals surface area contributed by atoms with Gasteiger partial charge in [-0.05, 0) is 20.8 Å². The molecule has 0 atom stereocenters. The molecular weight excluding hydrogens is 162 g/mol. The zero-order valence-electron chi connectivity index (χ0n) is 6.80. The van der Waals surface area contributed by atoms with E-state index < -0.39 is 24.5 Å². The van der Waals surface area contributed by atoms with E-state index in [1.807, 2.05) is 0 Å². The van der Waals surface area contributed by atoms with Gasteiger partial charge in [0.05, 0.1) is 0 Å². The van der Waals surface area contributed by atoms with E-state index >= 15 is 0 Å². The lowest BCUT2D eigenvalue weighted by Crippen LogP contribution is -2.65. The Morgan fingerprint density at radius 3 is 1.09 bits per heavy atom. The van der Waals surface area contributed by atoms with Crippen molar-refractivity contribution in [1.29, 1.82) is 0 Å². The van der Waals surface area contributed by atoms with E-state index in [0.29, 0.717) is 0 Å². The van der Waals surface area contributed by atoms with Gasteiger partial charge in [0.25, 0.3) is 0 Å². The molecule has 0 fully saturated rings. The van der Waals surface area contributed by atoms with Crippen LogP contribution in [0.3, 0.4) is 0 Å². The van der Waals surface area contributed by atoms with Gasteiger partial charge in [0.15, 0.2) is 0 Å². The largest absolute Gasteiger partial charge is 0.340 e. The highest BCUT2D eigenvalue weighted by Crippen LogP contribution is 1.99. The summed E-state index contributed by atoms with van der Waals surface area (Å²) < 4.78 is 0. The molecule has 0 rings (SSSR count). The summed E-state index contributed by atoms with van der Waals surface area (Å²) in [5.41, 5.74) is 0. The van der Waals surface area contributed by atoms with E-state index in [1.165, 1.54) is 20.8 Å². The molecule has 0 aromatic carbocycles. The summed E-state index contributed by atoms with van der Waals surface area (Å²) in [7, 11) is -3.40. The topological polar surface area (TPSA) is 77.2 Å². The Bertz CT molecular complexity index is 188. The smallest absolute Gasteiger partial charge is 0.334 e. The monoisotopic (exact) mass is 173 g/mol. The lowest BCUT2D eigenvalue weighted by molar-refractivity contribution is -0.117. The van der Waals surface area contributed by atoms with Crippen LogP contribution < -0.4 is 5.40 Å². The molecular formula is C6H11NO3Si. The van der Waals surface area contributed by atoms with Crippen molar-refractivity contribution in [2.75, 3.05) is 0 Å². The van der Waals surface area contributed by atoms with Crippen LogP contribution in [0.4, 0.5) is 0 Å². The van der Waals surface area contributed by atoms with Crippen molar-refractivity contribution in [2.45, 2.75) is 20.8 Å². The first-order valence-corrected chi connectivity index (χ1v) is 5.23. The fourth-order valence-electron chi connectivity index (χ4n) is 0.744. The van der Waals surface area contributed by atoms with Gasteiger partial charge in [-0.1, -0.05) is 0 Å². The average molecular weight is 173 g/mol. The van der Waals surface area contributed by atoms with Crippen LogP contribution in [0.25, 0.3) is 0 Å². The van der Waals surface area contributed by atoms with Crippen LogP contribution in [0.5, 0.6) is 0 Å². The predicted octanol–water partition coefficient (Wildman–Crippen LogP) is -0.725. The van der Waals surface area contributed by atoms with Crippen molar-refractivity contribution in [3.05, 3.63) is 0 Å². The van der Waals surface area contributed by atoms with Gasteiger partial charge in [-0.25, -0.2) is 0 Å². The fourth-order valence-corrected chi connectivity index (χ4v) is 2.23. The Morgan fingerprint density at radius 1 is 0.909 bits per heavy atom. The molecule has 0 unspecified atom stereocenters. The second-order valence-corrected chi connectivity index (χ2v) is 6.20. The molecule has 0 spiro atoms. The van der Waals surface area contributed by atoms with Crippen LogP contribution in [0.2, 0.25) is 0 Å². The fraction of sp³-hybridized carbons (Fsp3) is 0.500. The lowest BCUT2D eigenvalue weighted by atomic mass is 10.9. The van der Waals surface area contributed by atoms with E-state index in [-0.39, 0.29) is 0 Å². The first-order chi connectivity index (χ1) is 4.83. The molecule has 0 aromatic heterocycles. The molecule has 4 nitrogen and oxygen atoms in total. The lowest BCUT2D eigenvalue weighted by Gasteiger charge is -2.15. The SMILES string of the molecule is CC(=O)[Si](N)(C(C)=O)C(C)=O. The quantitative estimate of drug-likeness (QED) is 0.571. The van der Waals surface area contributed by atoms with Crippen molar-refractivity contribution in [2.24, 2.45) is 5.40 Å². The molecule has 0 heterocycles. The summed E-state index contributed by atoms with van der Waals surface area (Å²) in [6.45, 7) is 3.57. The summed E-state index contributed by atoms with van der Waals surface area (Å²) >= 11 is 0. The molecule has 0 bridgehead atoms. The van der Waals surface area contributed by atoms with Crippen molar-refractivity contribution in [1.82, 2.24) is 0 Å². The minimum atomic E-state index is -3.40. The van der Waals surface area contributed by atoms with Gasteiger partial charge in [0, 0.05) is 0 Å².